The van der Waals surface area contributed by atoms with Gasteiger partial charge in [-0.05, 0) is 77.0 Å². The van der Waals surface area contributed by atoms with Gasteiger partial charge in [0.2, 0.25) is 5.91 Å². The number of carbonyl (C=O) groups is 1. The second kappa shape index (κ2) is 47.7. The maximum absolute atomic E-state index is 13.2. The molecule has 0 aliphatic carbocycles. The minimum atomic E-state index is -1.78. The number of unbranched alkanes of at least 4 members (excludes halogenated alkanes) is 17. The van der Waals surface area contributed by atoms with Crippen LogP contribution in [0.25, 0.3) is 0 Å². The summed E-state index contributed by atoms with van der Waals surface area (Å²) in [6.45, 7) is 2.65. The molecule has 0 aromatic carbocycles. The highest BCUT2D eigenvalue weighted by Gasteiger charge is 2.51. The second-order valence-electron chi connectivity index (χ2n) is 20.7. The quantitative estimate of drug-likeness (QED) is 0.0205. The molecule has 2 fully saturated rings. The van der Waals surface area contributed by atoms with E-state index >= 15 is 0 Å². The van der Waals surface area contributed by atoms with Crippen molar-refractivity contribution in [2.45, 2.75) is 274 Å². The van der Waals surface area contributed by atoms with Crippen molar-refractivity contribution in [1.29, 1.82) is 0 Å². The molecular formula is C63H107NO13. The van der Waals surface area contributed by atoms with Gasteiger partial charge >= 0.3 is 0 Å². The standard InChI is InChI=1S/C63H107NO13/c1-3-5-7-9-11-12-13-14-15-16-17-18-19-20-21-22-23-24-25-26-27-28-29-30-31-32-33-34-35-36-37-38-39-40-41-43-45-47-55(68)64-51(52(67)46-44-42-10-8-6-4-2)50-74-62-60(73)58(71)61(54(49-66)76-62)77-63-59(72)57(70)56(69)53(48-65)75-63/h5,7,11-12,14-15,17-18,20-21,23-24,26-27,29-30,51-54,56-63,65-67,69-73H,3-4,6,8-10,13,16,19,22,25,28,31-50H2,1-2H3,(H,64,68)/b7-5-,12-11-,15-14-,18-17-,21-20-,24-23-,27-26-,30-29-. The highest BCUT2D eigenvalue weighted by Crippen LogP contribution is 2.30. The minimum absolute atomic E-state index is 0.219. The highest BCUT2D eigenvalue weighted by molar-refractivity contribution is 5.76. The van der Waals surface area contributed by atoms with Gasteiger partial charge in [-0.1, -0.05) is 214 Å². The number of amides is 1. The Bertz CT molecular complexity index is 1660. The Labute approximate surface area is 464 Å². The van der Waals surface area contributed by atoms with E-state index in [2.05, 4.69) is 116 Å². The summed E-state index contributed by atoms with van der Waals surface area (Å²) in [5.74, 6) is -0.219. The number of allylic oxidation sites excluding steroid dienone is 16. The molecule has 9 N–H and O–H groups in total. The summed E-state index contributed by atoms with van der Waals surface area (Å²) in [6.07, 6.45) is 49.1. The Morgan fingerprint density at radius 2 is 0.896 bits per heavy atom. The van der Waals surface area contributed by atoms with Crippen LogP contribution in [0.5, 0.6) is 0 Å². The van der Waals surface area contributed by atoms with Gasteiger partial charge in [-0.25, -0.2) is 0 Å². The van der Waals surface area contributed by atoms with Crippen LogP contribution < -0.4 is 5.32 Å². The Morgan fingerprint density at radius 3 is 1.38 bits per heavy atom. The van der Waals surface area contributed by atoms with Gasteiger partial charge < -0.3 is 65.1 Å². The number of hydrogen-bond donors (Lipinski definition) is 9. The van der Waals surface area contributed by atoms with E-state index in [-0.39, 0.29) is 12.5 Å². The molecule has 0 saturated carbocycles. The molecule has 2 heterocycles. The number of ether oxygens (including phenoxy) is 4. The molecule has 2 rings (SSSR count). The molecule has 77 heavy (non-hydrogen) atoms. The molecule has 0 radical (unpaired) electrons. The normalized spacial score (nSPS) is 25.4. The van der Waals surface area contributed by atoms with Crippen LogP contribution >= 0.6 is 0 Å². The third-order valence-electron chi connectivity index (χ3n) is 14.1. The molecule has 12 unspecified atom stereocenters. The van der Waals surface area contributed by atoms with Gasteiger partial charge in [0, 0.05) is 6.42 Å². The van der Waals surface area contributed by atoms with Crippen molar-refractivity contribution in [3.05, 3.63) is 97.2 Å². The highest BCUT2D eigenvalue weighted by atomic mass is 16.7. The number of carbonyl (C=O) groups excluding carboxylic acids is 1. The number of aliphatic hydroxyl groups is 8. The predicted molar refractivity (Wildman–Crippen MR) is 309 cm³/mol. The van der Waals surface area contributed by atoms with Crippen LogP contribution in [0.3, 0.4) is 0 Å². The Morgan fingerprint density at radius 1 is 0.481 bits per heavy atom. The van der Waals surface area contributed by atoms with Crippen LogP contribution in [-0.2, 0) is 23.7 Å². The Hall–Kier alpha value is -3.09. The summed E-state index contributed by atoms with van der Waals surface area (Å²) in [7, 11) is 0. The molecule has 1 amide bonds. The lowest BCUT2D eigenvalue weighted by atomic mass is 9.97. The van der Waals surface area contributed by atoms with Gasteiger partial charge in [0.15, 0.2) is 12.6 Å². The summed E-state index contributed by atoms with van der Waals surface area (Å²) < 4.78 is 22.7. The molecular weight excluding hydrogens is 979 g/mol. The third-order valence-corrected chi connectivity index (χ3v) is 14.1. The number of rotatable bonds is 46. The van der Waals surface area contributed by atoms with Crippen molar-refractivity contribution in [1.82, 2.24) is 5.32 Å². The van der Waals surface area contributed by atoms with Crippen molar-refractivity contribution >= 4 is 5.91 Å². The summed E-state index contributed by atoms with van der Waals surface area (Å²) in [5.41, 5.74) is 0. The van der Waals surface area contributed by atoms with Gasteiger partial charge in [0.05, 0.1) is 32.0 Å². The molecule has 0 aromatic rings. The SMILES string of the molecule is CC/C=C\C/C=C\C/C=C\C/C=C\C/C=C\C/C=C\C/C=C\C/C=C\CCCCCCCCCCCCCCC(=O)NC(COC1OC(CO)C(OC2OC(CO)C(O)C(O)C2O)C(O)C1O)C(O)CCCCCCCC. The summed E-state index contributed by atoms with van der Waals surface area (Å²) in [4.78, 5) is 13.2. The molecule has 2 aliphatic rings. The average molecular weight is 1090 g/mol. The van der Waals surface area contributed by atoms with Crippen LogP contribution in [0.1, 0.15) is 200 Å². The van der Waals surface area contributed by atoms with E-state index < -0.39 is 86.8 Å². The van der Waals surface area contributed by atoms with Crippen molar-refractivity contribution in [2.75, 3.05) is 19.8 Å². The third kappa shape index (κ3) is 33.3. The lowest BCUT2D eigenvalue weighted by molar-refractivity contribution is -0.359. The van der Waals surface area contributed by atoms with Crippen molar-refractivity contribution in [3.63, 3.8) is 0 Å². The molecule has 12 atom stereocenters. The first-order valence-electron chi connectivity index (χ1n) is 30.0. The number of hydrogen-bond acceptors (Lipinski definition) is 13. The predicted octanol–water partition coefficient (Wildman–Crippen LogP) is 10.3. The van der Waals surface area contributed by atoms with E-state index in [1.165, 1.54) is 51.4 Å². The smallest absolute Gasteiger partial charge is 0.220 e. The average Bonchev–Trinajstić information content (AvgIpc) is 3.43. The zero-order chi connectivity index (χ0) is 56.0. The molecule has 14 nitrogen and oxygen atoms in total. The van der Waals surface area contributed by atoms with Crippen LogP contribution in [0.2, 0.25) is 0 Å². The maximum atomic E-state index is 13.2. The lowest BCUT2D eigenvalue weighted by Crippen LogP contribution is -2.65. The van der Waals surface area contributed by atoms with Gasteiger partial charge in [-0.3, -0.25) is 4.79 Å². The summed E-state index contributed by atoms with van der Waals surface area (Å²) in [6, 6.07) is -0.831. The van der Waals surface area contributed by atoms with E-state index in [9.17, 15) is 45.6 Å². The van der Waals surface area contributed by atoms with Gasteiger partial charge in [-0.2, -0.15) is 0 Å². The van der Waals surface area contributed by atoms with Crippen LogP contribution in [0.4, 0.5) is 0 Å². The van der Waals surface area contributed by atoms with Crippen LogP contribution in [0, 0.1) is 0 Å². The van der Waals surface area contributed by atoms with Crippen molar-refractivity contribution < 1.29 is 64.6 Å². The molecule has 0 aromatic heterocycles. The zero-order valence-corrected chi connectivity index (χ0v) is 47.4. The summed E-state index contributed by atoms with van der Waals surface area (Å²) in [5, 5.41) is 86.7. The van der Waals surface area contributed by atoms with Crippen molar-refractivity contribution in [3.8, 4) is 0 Å². The van der Waals surface area contributed by atoms with E-state index in [1.54, 1.807) is 0 Å². The van der Waals surface area contributed by atoms with Crippen LogP contribution in [0.15, 0.2) is 97.2 Å². The Kier molecular flexibility index (Phi) is 43.4. The maximum Gasteiger partial charge on any atom is 0.220 e. The first-order chi connectivity index (χ1) is 37.6. The monoisotopic (exact) mass is 1090 g/mol. The van der Waals surface area contributed by atoms with E-state index in [0.717, 1.165) is 116 Å². The van der Waals surface area contributed by atoms with Crippen LogP contribution in [-0.4, -0.2) is 140 Å². The lowest BCUT2D eigenvalue weighted by Gasteiger charge is -2.46. The fraction of sp³-hybridized carbons (Fsp3) is 0.730. The number of aliphatic hydroxyl groups excluding tert-OH is 8. The van der Waals surface area contributed by atoms with Gasteiger partial charge in [0.1, 0.15) is 48.8 Å². The second-order valence-corrected chi connectivity index (χ2v) is 20.7. The molecule has 2 saturated heterocycles. The topological polar surface area (TPSA) is 228 Å². The van der Waals surface area contributed by atoms with E-state index in [4.69, 9.17) is 18.9 Å². The number of nitrogens with one attached hydrogen (secondary N) is 1. The fourth-order valence-corrected chi connectivity index (χ4v) is 9.25. The fourth-order valence-electron chi connectivity index (χ4n) is 9.25. The molecule has 14 heteroatoms. The van der Waals surface area contributed by atoms with Gasteiger partial charge in [0.25, 0.3) is 0 Å². The van der Waals surface area contributed by atoms with Gasteiger partial charge in [-0.15, -0.1) is 0 Å². The minimum Gasteiger partial charge on any atom is -0.394 e. The largest absolute Gasteiger partial charge is 0.394 e. The molecule has 442 valence electrons. The first-order valence-corrected chi connectivity index (χ1v) is 30.0. The van der Waals surface area contributed by atoms with Crippen molar-refractivity contribution in [2.24, 2.45) is 0 Å². The van der Waals surface area contributed by atoms with E-state index in [1.807, 2.05) is 0 Å². The molecule has 0 spiro atoms. The zero-order valence-electron chi connectivity index (χ0n) is 47.4. The first kappa shape index (κ1) is 70.0. The molecule has 2 aliphatic heterocycles. The van der Waals surface area contributed by atoms with E-state index in [0.29, 0.717) is 19.3 Å². The molecule has 0 bridgehead atoms. The Balaban J connectivity index is 1.55. The summed E-state index contributed by atoms with van der Waals surface area (Å²) >= 11 is 0.